The van der Waals surface area contributed by atoms with Gasteiger partial charge in [-0.2, -0.15) is 15.0 Å². The molecular weight excluding hydrogens is 418 g/mol. The molecule has 1 fully saturated rings. The summed E-state index contributed by atoms with van der Waals surface area (Å²) in [6.45, 7) is 10.4. The van der Waals surface area contributed by atoms with Crippen LogP contribution in [0.3, 0.4) is 0 Å². The van der Waals surface area contributed by atoms with E-state index in [2.05, 4.69) is 55.0 Å². The summed E-state index contributed by atoms with van der Waals surface area (Å²) in [5.74, 6) is 4.12. The second-order valence-electron chi connectivity index (χ2n) is 8.40. The second kappa shape index (κ2) is 9.95. The Morgan fingerprint density at radius 2 is 1.79 bits per heavy atom. The topological polar surface area (TPSA) is 118 Å². The number of methoxy groups -OCH3 is 1. The van der Waals surface area contributed by atoms with Crippen LogP contribution in [0.2, 0.25) is 0 Å². The number of ether oxygens (including phenoxy) is 1. The van der Waals surface area contributed by atoms with Crippen molar-refractivity contribution in [3.05, 3.63) is 47.7 Å². The summed E-state index contributed by atoms with van der Waals surface area (Å²) in [4.78, 5) is 27.1. The second-order valence-corrected chi connectivity index (χ2v) is 8.40. The minimum atomic E-state index is 0.189. The molecule has 10 heteroatoms. The van der Waals surface area contributed by atoms with Crippen LogP contribution in [-0.4, -0.2) is 63.1 Å². The van der Waals surface area contributed by atoms with Crippen LogP contribution in [-0.2, 0) is 6.54 Å². The van der Waals surface area contributed by atoms with Crippen molar-refractivity contribution < 1.29 is 4.74 Å². The Bertz CT molecular complexity index is 1100. The monoisotopic (exact) mass is 449 g/mol. The van der Waals surface area contributed by atoms with Crippen LogP contribution in [0.5, 0.6) is 5.75 Å². The van der Waals surface area contributed by atoms with E-state index in [9.17, 15) is 0 Å². The molecule has 10 nitrogen and oxygen atoms in total. The molecule has 2 aromatic heterocycles. The molecule has 0 unspecified atom stereocenters. The average Bonchev–Trinajstić information content (AvgIpc) is 2.79. The van der Waals surface area contributed by atoms with Gasteiger partial charge in [-0.3, -0.25) is 4.90 Å². The molecule has 0 aliphatic carbocycles. The van der Waals surface area contributed by atoms with Crippen molar-refractivity contribution in [1.82, 2.24) is 29.8 Å². The van der Waals surface area contributed by atoms with Crippen molar-refractivity contribution >= 4 is 23.4 Å². The lowest BCUT2D eigenvalue weighted by molar-refractivity contribution is 0.243. The molecule has 3 heterocycles. The van der Waals surface area contributed by atoms with Crippen LogP contribution in [0.1, 0.15) is 37.1 Å². The van der Waals surface area contributed by atoms with Crippen molar-refractivity contribution in [3.63, 3.8) is 0 Å². The molecule has 0 radical (unpaired) electrons. The fraction of sp³-hybridized carbons (Fsp3) is 0.435. The molecule has 3 N–H and O–H groups in total. The van der Waals surface area contributed by atoms with Gasteiger partial charge in [0.15, 0.2) is 0 Å². The number of aryl methyl sites for hydroxylation is 1. The number of para-hydroxylation sites is 2. The zero-order chi connectivity index (χ0) is 23.4. The van der Waals surface area contributed by atoms with Gasteiger partial charge < -0.3 is 20.7 Å². The highest BCUT2D eigenvalue weighted by molar-refractivity contribution is 5.62. The standard InChI is InChI=1S/C23H31N9O/c1-15(2)21-25-16(3)13-20(29-21)32-11-9-31(10-12-32)14-19-27-22(24)30-23(28-19)26-17-7-5-6-8-18(17)33-4/h5-8,13,15H,9-12,14H2,1-4H3,(H3,24,26,27,28,30). The van der Waals surface area contributed by atoms with Crippen molar-refractivity contribution in [3.8, 4) is 5.75 Å². The first-order chi connectivity index (χ1) is 15.9. The number of nitrogens with one attached hydrogen (secondary N) is 1. The maximum Gasteiger partial charge on any atom is 0.232 e. The summed E-state index contributed by atoms with van der Waals surface area (Å²) in [6, 6.07) is 9.65. The molecular formula is C23H31N9O. The van der Waals surface area contributed by atoms with Gasteiger partial charge in [-0.25, -0.2) is 9.97 Å². The van der Waals surface area contributed by atoms with E-state index in [0.29, 0.717) is 30.0 Å². The number of aromatic nitrogens is 5. The van der Waals surface area contributed by atoms with Crippen molar-refractivity contribution in [2.75, 3.05) is 49.2 Å². The summed E-state index contributed by atoms with van der Waals surface area (Å²) in [5, 5.41) is 3.18. The normalized spacial score (nSPS) is 14.5. The molecule has 0 saturated carbocycles. The van der Waals surface area contributed by atoms with Gasteiger partial charge in [-0.1, -0.05) is 26.0 Å². The van der Waals surface area contributed by atoms with Gasteiger partial charge in [-0.05, 0) is 19.1 Å². The van der Waals surface area contributed by atoms with Crippen LogP contribution in [0.4, 0.5) is 23.4 Å². The molecule has 0 amide bonds. The summed E-state index contributed by atoms with van der Waals surface area (Å²) >= 11 is 0. The van der Waals surface area contributed by atoms with E-state index in [1.165, 1.54) is 0 Å². The van der Waals surface area contributed by atoms with E-state index in [1.807, 2.05) is 31.2 Å². The molecule has 1 aliphatic rings. The molecule has 3 aromatic rings. The molecule has 1 aromatic carbocycles. The van der Waals surface area contributed by atoms with Gasteiger partial charge in [0.25, 0.3) is 0 Å². The highest BCUT2D eigenvalue weighted by Crippen LogP contribution is 2.26. The minimum absolute atomic E-state index is 0.189. The number of rotatable bonds is 7. The summed E-state index contributed by atoms with van der Waals surface area (Å²) in [6.07, 6.45) is 0. The van der Waals surface area contributed by atoms with Gasteiger partial charge in [0, 0.05) is 43.9 Å². The lowest BCUT2D eigenvalue weighted by atomic mass is 10.2. The molecule has 33 heavy (non-hydrogen) atoms. The van der Waals surface area contributed by atoms with E-state index in [0.717, 1.165) is 49.2 Å². The Balaban J connectivity index is 1.41. The third-order valence-electron chi connectivity index (χ3n) is 5.49. The first-order valence-corrected chi connectivity index (χ1v) is 11.1. The van der Waals surface area contributed by atoms with Gasteiger partial charge in [0.2, 0.25) is 11.9 Å². The molecule has 174 valence electrons. The highest BCUT2D eigenvalue weighted by atomic mass is 16.5. The Morgan fingerprint density at radius 3 is 2.52 bits per heavy atom. The van der Waals surface area contributed by atoms with Crippen LogP contribution in [0, 0.1) is 6.92 Å². The Labute approximate surface area is 194 Å². The number of nitrogen functional groups attached to an aromatic ring is 1. The van der Waals surface area contributed by atoms with Gasteiger partial charge in [0.1, 0.15) is 23.2 Å². The molecule has 4 rings (SSSR count). The summed E-state index contributed by atoms with van der Waals surface area (Å²) in [7, 11) is 1.62. The van der Waals surface area contributed by atoms with E-state index in [4.69, 9.17) is 15.5 Å². The molecule has 0 bridgehead atoms. The van der Waals surface area contributed by atoms with Crippen LogP contribution >= 0.6 is 0 Å². The van der Waals surface area contributed by atoms with Crippen LogP contribution in [0.25, 0.3) is 0 Å². The first-order valence-electron chi connectivity index (χ1n) is 11.1. The number of piperazine rings is 1. The van der Waals surface area contributed by atoms with Crippen molar-refractivity contribution in [1.29, 1.82) is 0 Å². The average molecular weight is 450 g/mol. The molecule has 0 spiro atoms. The number of benzene rings is 1. The quantitative estimate of drug-likeness (QED) is 0.557. The van der Waals surface area contributed by atoms with Crippen molar-refractivity contribution in [2.45, 2.75) is 33.2 Å². The zero-order valence-electron chi connectivity index (χ0n) is 19.6. The SMILES string of the molecule is COc1ccccc1Nc1nc(N)nc(CN2CCN(c3cc(C)nc(C(C)C)n3)CC2)n1. The molecule has 1 aliphatic heterocycles. The number of hydrogen-bond donors (Lipinski definition) is 2. The molecule has 0 atom stereocenters. The predicted octanol–water partition coefficient (Wildman–Crippen LogP) is 2.75. The number of nitrogens with zero attached hydrogens (tertiary/aromatic N) is 7. The zero-order valence-corrected chi connectivity index (χ0v) is 19.6. The van der Waals surface area contributed by atoms with Gasteiger partial charge in [0.05, 0.1) is 19.3 Å². The lowest BCUT2D eigenvalue weighted by Gasteiger charge is -2.35. The Hall–Kier alpha value is -3.53. The molecule has 1 saturated heterocycles. The smallest absolute Gasteiger partial charge is 0.232 e. The maximum absolute atomic E-state index is 5.97. The minimum Gasteiger partial charge on any atom is -0.495 e. The first kappa shape index (κ1) is 22.7. The van der Waals surface area contributed by atoms with E-state index >= 15 is 0 Å². The van der Waals surface area contributed by atoms with E-state index < -0.39 is 0 Å². The fourth-order valence-electron chi connectivity index (χ4n) is 3.76. The Kier molecular flexibility index (Phi) is 6.83. The van der Waals surface area contributed by atoms with Crippen LogP contribution in [0.15, 0.2) is 30.3 Å². The summed E-state index contributed by atoms with van der Waals surface area (Å²) < 4.78 is 5.39. The maximum atomic E-state index is 5.97. The van der Waals surface area contributed by atoms with Crippen molar-refractivity contribution in [2.24, 2.45) is 0 Å². The van der Waals surface area contributed by atoms with Gasteiger partial charge >= 0.3 is 0 Å². The third kappa shape index (κ3) is 5.64. The lowest BCUT2D eigenvalue weighted by Crippen LogP contribution is -2.46. The van der Waals surface area contributed by atoms with E-state index in [1.54, 1.807) is 7.11 Å². The van der Waals surface area contributed by atoms with Gasteiger partial charge in [-0.15, -0.1) is 0 Å². The number of anilines is 4. The largest absolute Gasteiger partial charge is 0.495 e. The van der Waals surface area contributed by atoms with E-state index in [-0.39, 0.29) is 5.95 Å². The number of hydrogen-bond acceptors (Lipinski definition) is 10. The number of nitrogens with two attached hydrogens (primary N) is 1. The third-order valence-corrected chi connectivity index (χ3v) is 5.49. The fourth-order valence-corrected chi connectivity index (χ4v) is 3.76. The Morgan fingerprint density at radius 1 is 1.03 bits per heavy atom. The summed E-state index contributed by atoms with van der Waals surface area (Å²) in [5.41, 5.74) is 7.74. The predicted molar refractivity (Wildman–Crippen MR) is 129 cm³/mol. The van der Waals surface area contributed by atoms with Crippen LogP contribution < -0.4 is 20.7 Å². The highest BCUT2D eigenvalue weighted by Gasteiger charge is 2.21.